The number of aryl methyl sites for hydroxylation is 1. The van der Waals surface area contributed by atoms with E-state index in [4.69, 9.17) is 4.74 Å². The molecular weight excluding hydrogens is 347 g/mol. The second kappa shape index (κ2) is 9.71. The first kappa shape index (κ1) is 20.4. The molecule has 0 unspecified atom stereocenters. The summed E-state index contributed by atoms with van der Waals surface area (Å²) in [5.41, 5.74) is 2.06. The van der Waals surface area contributed by atoms with Crippen LogP contribution in [0.15, 0.2) is 48.5 Å². The number of carbonyl (C=O) groups is 2. The monoisotopic (exact) mass is 372 g/mol. The zero-order valence-electron chi connectivity index (χ0n) is 15.8. The van der Waals surface area contributed by atoms with Crippen LogP contribution in [0, 0.1) is 18.7 Å². The van der Waals surface area contributed by atoms with Crippen LogP contribution in [0.3, 0.4) is 0 Å². The summed E-state index contributed by atoms with van der Waals surface area (Å²) in [6.07, 6.45) is -0.658. The molecule has 0 fully saturated rings. The van der Waals surface area contributed by atoms with Gasteiger partial charge in [-0.25, -0.2) is 9.18 Å². The molecule has 0 saturated heterocycles. The Morgan fingerprint density at radius 2 is 1.78 bits per heavy atom. The standard InChI is InChI=1S/C21H25FN2O3/c1-14(2)19(24-21(26)27-13-16-7-5-4-6-8-16)20(25)23-12-17-10-9-15(3)18(22)11-17/h4-11,14,19H,12-13H2,1-3H3,(H,23,25)(H,24,26)/t19-/m0/s1. The molecule has 0 saturated carbocycles. The molecule has 0 radical (unpaired) electrons. The molecule has 2 N–H and O–H groups in total. The van der Waals surface area contributed by atoms with E-state index in [0.29, 0.717) is 11.1 Å². The van der Waals surface area contributed by atoms with Gasteiger partial charge in [-0.2, -0.15) is 0 Å². The van der Waals surface area contributed by atoms with Crippen molar-refractivity contribution >= 4 is 12.0 Å². The first-order chi connectivity index (χ1) is 12.9. The van der Waals surface area contributed by atoms with E-state index >= 15 is 0 Å². The highest BCUT2D eigenvalue weighted by Gasteiger charge is 2.24. The van der Waals surface area contributed by atoms with Gasteiger partial charge in [0.15, 0.2) is 0 Å². The van der Waals surface area contributed by atoms with Gasteiger partial charge in [-0.1, -0.05) is 56.3 Å². The van der Waals surface area contributed by atoms with Crippen molar-refractivity contribution in [3.8, 4) is 0 Å². The van der Waals surface area contributed by atoms with Gasteiger partial charge in [-0.15, -0.1) is 0 Å². The molecule has 6 heteroatoms. The van der Waals surface area contributed by atoms with Crippen LogP contribution in [0.25, 0.3) is 0 Å². The fraction of sp³-hybridized carbons (Fsp3) is 0.333. The first-order valence-electron chi connectivity index (χ1n) is 8.86. The van der Waals surface area contributed by atoms with Crippen molar-refractivity contribution in [2.24, 2.45) is 5.92 Å². The molecule has 2 aromatic rings. The zero-order chi connectivity index (χ0) is 19.8. The van der Waals surface area contributed by atoms with Crippen LogP contribution in [0.1, 0.15) is 30.5 Å². The molecular formula is C21H25FN2O3. The predicted octanol–water partition coefficient (Wildman–Crippen LogP) is 3.70. The van der Waals surface area contributed by atoms with E-state index in [9.17, 15) is 14.0 Å². The van der Waals surface area contributed by atoms with Gasteiger partial charge in [0, 0.05) is 6.54 Å². The summed E-state index contributed by atoms with van der Waals surface area (Å²) >= 11 is 0. The number of alkyl carbamates (subject to hydrolysis) is 1. The van der Waals surface area contributed by atoms with Gasteiger partial charge in [0.25, 0.3) is 0 Å². The molecule has 0 aliphatic carbocycles. The minimum Gasteiger partial charge on any atom is -0.445 e. The zero-order valence-corrected chi connectivity index (χ0v) is 15.8. The fourth-order valence-corrected chi connectivity index (χ4v) is 2.47. The molecule has 0 aliphatic heterocycles. The van der Waals surface area contributed by atoms with Crippen LogP contribution < -0.4 is 10.6 Å². The average molecular weight is 372 g/mol. The molecule has 0 aromatic heterocycles. The van der Waals surface area contributed by atoms with E-state index in [1.54, 1.807) is 19.1 Å². The number of amides is 2. The molecule has 0 heterocycles. The molecule has 2 aromatic carbocycles. The van der Waals surface area contributed by atoms with Gasteiger partial charge in [-0.05, 0) is 35.6 Å². The summed E-state index contributed by atoms with van der Waals surface area (Å²) in [5, 5.41) is 5.33. The smallest absolute Gasteiger partial charge is 0.408 e. The largest absolute Gasteiger partial charge is 0.445 e. The number of nitrogens with one attached hydrogen (secondary N) is 2. The van der Waals surface area contributed by atoms with E-state index in [1.165, 1.54) is 6.07 Å². The van der Waals surface area contributed by atoms with Crippen molar-refractivity contribution in [3.05, 3.63) is 71.0 Å². The summed E-state index contributed by atoms with van der Waals surface area (Å²) in [4.78, 5) is 24.5. The lowest BCUT2D eigenvalue weighted by atomic mass is 10.0. The topological polar surface area (TPSA) is 67.4 Å². The Kier molecular flexibility index (Phi) is 7.34. The van der Waals surface area contributed by atoms with Crippen molar-refractivity contribution in [1.82, 2.24) is 10.6 Å². The lowest BCUT2D eigenvalue weighted by Gasteiger charge is -2.21. The summed E-state index contributed by atoms with van der Waals surface area (Å²) in [7, 11) is 0. The third kappa shape index (κ3) is 6.40. The third-order valence-electron chi connectivity index (χ3n) is 4.14. The van der Waals surface area contributed by atoms with E-state index in [1.807, 2.05) is 44.2 Å². The number of hydrogen-bond donors (Lipinski definition) is 2. The van der Waals surface area contributed by atoms with Crippen molar-refractivity contribution in [1.29, 1.82) is 0 Å². The van der Waals surface area contributed by atoms with Crippen LogP contribution >= 0.6 is 0 Å². The highest BCUT2D eigenvalue weighted by molar-refractivity contribution is 5.85. The SMILES string of the molecule is Cc1ccc(CNC(=O)[C@@H](NC(=O)OCc2ccccc2)C(C)C)cc1F. The Morgan fingerprint density at radius 3 is 2.41 bits per heavy atom. The van der Waals surface area contributed by atoms with Crippen molar-refractivity contribution in [3.63, 3.8) is 0 Å². The number of ether oxygens (including phenoxy) is 1. The maximum atomic E-state index is 13.6. The number of carbonyl (C=O) groups excluding carboxylic acids is 2. The molecule has 0 aliphatic rings. The summed E-state index contributed by atoms with van der Waals surface area (Å²) in [5.74, 6) is -0.795. The second-order valence-corrected chi connectivity index (χ2v) is 6.73. The average Bonchev–Trinajstić information content (AvgIpc) is 2.65. The van der Waals surface area contributed by atoms with Gasteiger partial charge < -0.3 is 15.4 Å². The van der Waals surface area contributed by atoms with E-state index in [-0.39, 0.29) is 30.8 Å². The Balaban J connectivity index is 1.88. The van der Waals surface area contributed by atoms with E-state index < -0.39 is 12.1 Å². The summed E-state index contributed by atoms with van der Waals surface area (Å²) in [6, 6.07) is 13.3. The number of benzene rings is 2. The van der Waals surface area contributed by atoms with Crippen LogP contribution in [-0.2, 0) is 22.7 Å². The van der Waals surface area contributed by atoms with Crippen LogP contribution in [0.5, 0.6) is 0 Å². The van der Waals surface area contributed by atoms with Gasteiger partial charge in [-0.3, -0.25) is 4.79 Å². The number of rotatable bonds is 7. The van der Waals surface area contributed by atoms with Gasteiger partial charge >= 0.3 is 6.09 Å². The van der Waals surface area contributed by atoms with E-state index in [2.05, 4.69) is 10.6 Å². The lowest BCUT2D eigenvalue weighted by molar-refractivity contribution is -0.124. The Bertz CT molecular complexity index is 778. The fourth-order valence-electron chi connectivity index (χ4n) is 2.47. The molecule has 2 amide bonds. The maximum Gasteiger partial charge on any atom is 0.408 e. The van der Waals surface area contributed by atoms with Crippen LogP contribution in [0.2, 0.25) is 0 Å². The molecule has 144 valence electrons. The predicted molar refractivity (Wildman–Crippen MR) is 101 cm³/mol. The Labute approximate surface area is 158 Å². The first-order valence-corrected chi connectivity index (χ1v) is 8.86. The van der Waals surface area contributed by atoms with Crippen molar-refractivity contribution in [2.45, 2.75) is 40.0 Å². The van der Waals surface area contributed by atoms with Gasteiger partial charge in [0.1, 0.15) is 18.5 Å². The highest BCUT2D eigenvalue weighted by Crippen LogP contribution is 2.10. The van der Waals surface area contributed by atoms with Gasteiger partial charge in [0.05, 0.1) is 0 Å². The molecule has 0 bridgehead atoms. The van der Waals surface area contributed by atoms with Crippen LogP contribution in [-0.4, -0.2) is 18.0 Å². The summed E-state index contributed by atoms with van der Waals surface area (Å²) in [6.45, 7) is 5.64. The van der Waals surface area contributed by atoms with Crippen LogP contribution in [0.4, 0.5) is 9.18 Å². The molecule has 27 heavy (non-hydrogen) atoms. The molecule has 5 nitrogen and oxygen atoms in total. The van der Waals surface area contributed by atoms with Crippen molar-refractivity contribution < 1.29 is 18.7 Å². The Hall–Kier alpha value is -2.89. The maximum absolute atomic E-state index is 13.6. The molecule has 2 rings (SSSR count). The Morgan fingerprint density at radius 1 is 1.07 bits per heavy atom. The second-order valence-electron chi connectivity index (χ2n) is 6.73. The highest BCUT2D eigenvalue weighted by atomic mass is 19.1. The quantitative estimate of drug-likeness (QED) is 0.779. The minimum atomic E-state index is -0.747. The minimum absolute atomic E-state index is 0.127. The molecule has 1 atom stereocenters. The number of halogens is 1. The molecule has 0 spiro atoms. The van der Waals surface area contributed by atoms with Gasteiger partial charge in [0.2, 0.25) is 5.91 Å². The number of hydrogen-bond acceptors (Lipinski definition) is 3. The normalized spacial score (nSPS) is 11.7. The summed E-state index contributed by atoms with van der Waals surface area (Å²) < 4.78 is 18.8. The van der Waals surface area contributed by atoms with Crippen molar-refractivity contribution in [2.75, 3.05) is 0 Å². The van der Waals surface area contributed by atoms with E-state index in [0.717, 1.165) is 5.56 Å². The third-order valence-corrected chi connectivity index (χ3v) is 4.14. The lowest BCUT2D eigenvalue weighted by Crippen LogP contribution is -2.49.